The fourth-order valence-electron chi connectivity index (χ4n) is 4.31. The summed E-state index contributed by atoms with van der Waals surface area (Å²) in [5.74, 6) is 2.57. The van der Waals surface area contributed by atoms with Crippen LogP contribution in [0.3, 0.4) is 0 Å². The van der Waals surface area contributed by atoms with Crippen LogP contribution in [-0.4, -0.2) is 10.2 Å². The second-order valence-electron chi connectivity index (χ2n) is 7.40. The molecule has 2 nitrogen and oxygen atoms in total. The number of phenols is 2. The largest absolute Gasteiger partial charge is 0.508 e. The average Bonchev–Trinajstić information content (AvgIpc) is 2.53. The monoisotopic (exact) mass is 310 g/mol. The van der Waals surface area contributed by atoms with Crippen molar-refractivity contribution in [2.75, 3.05) is 0 Å². The van der Waals surface area contributed by atoms with Gasteiger partial charge in [0.05, 0.1) is 0 Å². The first-order valence-electron chi connectivity index (χ1n) is 8.51. The third kappa shape index (κ3) is 2.83. The van der Waals surface area contributed by atoms with Crippen molar-refractivity contribution in [3.63, 3.8) is 0 Å². The van der Waals surface area contributed by atoms with Gasteiger partial charge in [-0.1, -0.05) is 45.0 Å². The summed E-state index contributed by atoms with van der Waals surface area (Å²) in [7, 11) is 0. The second kappa shape index (κ2) is 5.92. The van der Waals surface area contributed by atoms with Crippen molar-refractivity contribution in [3.8, 4) is 11.5 Å². The first-order valence-corrected chi connectivity index (χ1v) is 8.51. The lowest BCUT2D eigenvalue weighted by Crippen LogP contribution is -2.40. The molecular formula is C21H26O2. The van der Waals surface area contributed by atoms with E-state index in [4.69, 9.17) is 0 Å². The fourth-order valence-corrected chi connectivity index (χ4v) is 4.31. The lowest BCUT2D eigenvalue weighted by Gasteiger charge is -2.47. The molecule has 1 aliphatic carbocycles. The summed E-state index contributed by atoms with van der Waals surface area (Å²) in [6, 6.07) is 15.3. The Morgan fingerprint density at radius 3 is 1.39 bits per heavy atom. The highest BCUT2D eigenvalue weighted by molar-refractivity contribution is 5.43. The van der Waals surface area contributed by atoms with Crippen molar-refractivity contribution in [1.29, 1.82) is 0 Å². The number of benzene rings is 2. The molecule has 1 aliphatic rings. The zero-order valence-corrected chi connectivity index (χ0v) is 14.2. The summed E-state index contributed by atoms with van der Waals surface area (Å²) < 4.78 is 0. The minimum atomic E-state index is -0.0489. The molecule has 0 heterocycles. The summed E-state index contributed by atoms with van der Waals surface area (Å²) in [4.78, 5) is 0. The van der Waals surface area contributed by atoms with Crippen LogP contribution < -0.4 is 0 Å². The van der Waals surface area contributed by atoms with E-state index in [9.17, 15) is 10.2 Å². The van der Waals surface area contributed by atoms with Crippen molar-refractivity contribution in [1.82, 2.24) is 0 Å². The third-order valence-corrected chi connectivity index (χ3v) is 5.98. The van der Waals surface area contributed by atoms with E-state index in [0.29, 0.717) is 29.3 Å². The van der Waals surface area contributed by atoms with Gasteiger partial charge in [-0.25, -0.2) is 0 Å². The Balaban J connectivity index is 2.13. The fraction of sp³-hybridized carbons (Fsp3) is 0.429. The summed E-state index contributed by atoms with van der Waals surface area (Å²) in [5, 5.41) is 19.3. The van der Waals surface area contributed by atoms with Crippen LogP contribution in [0.25, 0.3) is 0 Å². The lowest BCUT2D eigenvalue weighted by molar-refractivity contribution is 0.135. The molecule has 1 saturated carbocycles. The predicted octanol–water partition coefficient (Wildman–Crippen LogP) is 5.09. The van der Waals surface area contributed by atoms with E-state index in [2.05, 4.69) is 45.0 Å². The standard InChI is InChI=1S/C21H26O2/c1-14-12-21(13-15(2)16(14)3,17-4-8-19(22)9-5-17)18-6-10-20(23)11-7-18/h4-11,14-16,22-23H,12-13H2,1-3H3. The van der Waals surface area contributed by atoms with E-state index in [0.717, 1.165) is 12.8 Å². The Labute approximate surface area is 138 Å². The number of phenolic OH excluding ortho intramolecular Hbond substituents is 2. The molecule has 122 valence electrons. The number of hydrogen-bond donors (Lipinski definition) is 2. The van der Waals surface area contributed by atoms with Gasteiger partial charge in [-0.15, -0.1) is 0 Å². The van der Waals surface area contributed by atoms with Gasteiger partial charge in [0.25, 0.3) is 0 Å². The minimum absolute atomic E-state index is 0.0489. The molecule has 2 aromatic rings. The smallest absolute Gasteiger partial charge is 0.115 e. The SMILES string of the molecule is CC1CC(c2ccc(O)cc2)(c2ccc(O)cc2)CC(C)C1C. The highest BCUT2D eigenvalue weighted by atomic mass is 16.3. The molecule has 23 heavy (non-hydrogen) atoms. The molecule has 2 unspecified atom stereocenters. The molecule has 0 radical (unpaired) electrons. The zero-order chi connectivity index (χ0) is 16.6. The van der Waals surface area contributed by atoms with Gasteiger partial charge in [0.15, 0.2) is 0 Å². The van der Waals surface area contributed by atoms with Crippen LogP contribution in [0.15, 0.2) is 48.5 Å². The molecule has 2 N–H and O–H groups in total. The van der Waals surface area contributed by atoms with Gasteiger partial charge in [-0.3, -0.25) is 0 Å². The molecule has 0 bridgehead atoms. The van der Waals surface area contributed by atoms with Crippen LogP contribution in [0.2, 0.25) is 0 Å². The van der Waals surface area contributed by atoms with Gasteiger partial charge in [0, 0.05) is 5.41 Å². The first-order chi connectivity index (χ1) is 10.9. The Morgan fingerprint density at radius 1 is 0.696 bits per heavy atom. The molecule has 0 aliphatic heterocycles. The maximum atomic E-state index is 9.66. The first kappa shape index (κ1) is 15.9. The molecule has 2 atom stereocenters. The Kier molecular flexibility index (Phi) is 4.09. The maximum absolute atomic E-state index is 9.66. The highest BCUT2D eigenvalue weighted by Gasteiger charge is 2.43. The van der Waals surface area contributed by atoms with Crippen LogP contribution in [0.1, 0.15) is 44.7 Å². The van der Waals surface area contributed by atoms with Crippen LogP contribution in [0, 0.1) is 17.8 Å². The van der Waals surface area contributed by atoms with E-state index < -0.39 is 0 Å². The molecule has 0 spiro atoms. The van der Waals surface area contributed by atoms with Crippen molar-refractivity contribution >= 4 is 0 Å². The Hall–Kier alpha value is -1.96. The van der Waals surface area contributed by atoms with Crippen LogP contribution in [0.5, 0.6) is 11.5 Å². The van der Waals surface area contributed by atoms with Gasteiger partial charge in [0.1, 0.15) is 11.5 Å². The molecule has 0 amide bonds. The number of rotatable bonds is 2. The number of aromatic hydroxyl groups is 2. The van der Waals surface area contributed by atoms with E-state index in [1.54, 1.807) is 24.3 Å². The van der Waals surface area contributed by atoms with Crippen molar-refractivity contribution in [2.24, 2.45) is 17.8 Å². The van der Waals surface area contributed by atoms with E-state index in [1.165, 1.54) is 11.1 Å². The quantitative estimate of drug-likeness (QED) is 0.811. The highest BCUT2D eigenvalue weighted by Crippen LogP contribution is 2.51. The van der Waals surface area contributed by atoms with Gasteiger partial charge in [-0.2, -0.15) is 0 Å². The Morgan fingerprint density at radius 2 is 1.04 bits per heavy atom. The summed E-state index contributed by atoms with van der Waals surface area (Å²) in [5.41, 5.74) is 2.46. The van der Waals surface area contributed by atoms with Gasteiger partial charge >= 0.3 is 0 Å². The summed E-state index contributed by atoms with van der Waals surface area (Å²) in [6.07, 6.45) is 2.18. The lowest BCUT2D eigenvalue weighted by atomic mass is 9.57. The summed E-state index contributed by atoms with van der Waals surface area (Å²) >= 11 is 0. The van der Waals surface area contributed by atoms with Gasteiger partial charge in [-0.05, 0) is 66.0 Å². The molecule has 3 rings (SSSR count). The molecule has 2 heteroatoms. The number of hydrogen-bond acceptors (Lipinski definition) is 2. The normalized spacial score (nSPS) is 26.8. The molecule has 0 saturated heterocycles. The van der Waals surface area contributed by atoms with Gasteiger partial charge in [0.2, 0.25) is 0 Å². The molecule has 0 aromatic heterocycles. The van der Waals surface area contributed by atoms with Crippen molar-refractivity contribution < 1.29 is 10.2 Å². The van der Waals surface area contributed by atoms with E-state index >= 15 is 0 Å². The van der Waals surface area contributed by atoms with Crippen molar-refractivity contribution in [2.45, 2.75) is 39.0 Å². The van der Waals surface area contributed by atoms with Crippen LogP contribution in [-0.2, 0) is 5.41 Å². The maximum Gasteiger partial charge on any atom is 0.115 e. The van der Waals surface area contributed by atoms with Crippen LogP contribution >= 0.6 is 0 Å². The molecular weight excluding hydrogens is 284 g/mol. The average molecular weight is 310 g/mol. The topological polar surface area (TPSA) is 40.5 Å². The third-order valence-electron chi connectivity index (χ3n) is 5.98. The van der Waals surface area contributed by atoms with Crippen molar-refractivity contribution in [3.05, 3.63) is 59.7 Å². The minimum Gasteiger partial charge on any atom is -0.508 e. The zero-order valence-electron chi connectivity index (χ0n) is 14.2. The van der Waals surface area contributed by atoms with Gasteiger partial charge < -0.3 is 10.2 Å². The van der Waals surface area contributed by atoms with E-state index in [-0.39, 0.29) is 5.41 Å². The summed E-state index contributed by atoms with van der Waals surface area (Å²) in [6.45, 7) is 7.04. The predicted molar refractivity (Wildman–Crippen MR) is 93.7 cm³/mol. The van der Waals surface area contributed by atoms with Crippen LogP contribution in [0.4, 0.5) is 0 Å². The van der Waals surface area contributed by atoms with E-state index in [1.807, 2.05) is 0 Å². The molecule has 1 fully saturated rings. The Bertz CT molecular complexity index is 598. The molecule has 2 aromatic carbocycles. The second-order valence-corrected chi connectivity index (χ2v) is 7.40.